The molecule has 3 aromatic rings. The summed E-state index contributed by atoms with van der Waals surface area (Å²) in [5.74, 6) is 2.21. The summed E-state index contributed by atoms with van der Waals surface area (Å²) < 4.78 is 19.2. The molecule has 30 heavy (non-hydrogen) atoms. The minimum absolute atomic E-state index is 0.00251. The van der Waals surface area contributed by atoms with Gasteiger partial charge in [0.1, 0.15) is 23.9 Å². The van der Waals surface area contributed by atoms with E-state index in [0.717, 1.165) is 53.3 Å². The lowest BCUT2D eigenvalue weighted by atomic mass is 10.00. The van der Waals surface area contributed by atoms with Gasteiger partial charge in [-0.2, -0.15) is 0 Å². The molecule has 1 fully saturated rings. The molecule has 0 N–H and O–H groups in total. The number of benzene rings is 2. The van der Waals surface area contributed by atoms with Crippen molar-refractivity contribution in [2.45, 2.75) is 19.4 Å². The number of methoxy groups -OCH3 is 2. The van der Waals surface area contributed by atoms with E-state index < -0.39 is 0 Å². The number of carbonyl (C=O) groups is 1. The first-order valence-electron chi connectivity index (χ1n) is 10.4. The van der Waals surface area contributed by atoms with Gasteiger partial charge in [0.15, 0.2) is 5.78 Å². The molecule has 0 amide bonds. The van der Waals surface area contributed by atoms with E-state index in [2.05, 4.69) is 9.47 Å². The van der Waals surface area contributed by atoms with E-state index in [0.29, 0.717) is 17.9 Å². The van der Waals surface area contributed by atoms with Gasteiger partial charge in [0.25, 0.3) is 0 Å². The van der Waals surface area contributed by atoms with Crippen LogP contribution >= 0.6 is 0 Å². The largest absolute Gasteiger partial charge is 0.497 e. The molecule has 0 radical (unpaired) electrons. The summed E-state index contributed by atoms with van der Waals surface area (Å²) in [5, 5.41) is 0.885. The van der Waals surface area contributed by atoms with Crippen molar-refractivity contribution in [2.24, 2.45) is 0 Å². The molecule has 1 unspecified atom stereocenters. The Morgan fingerprint density at radius 2 is 1.83 bits per heavy atom. The zero-order valence-corrected chi connectivity index (χ0v) is 17.6. The van der Waals surface area contributed by atoms with Gasteiger partial charge in [0.2, 0.25) is 0 Å². The molecule has 156 valence electrons. The van der Waals surface area contributed by atoms with E-state index in [4.69, 9.17) is 14.2 Å². The van der Waals surface area contributed by atoms with Crippen molar-refractivity contribution in [3.8, 4) is 17.2 Å². The number of ketones is 1. The molecule has 0 bridgehead atoms. The molecule has 5 rings (SSSR count). The molecule has 0 aliphatic carbocycles. The summed E-state index contributed by atoms with van der Waals surface area (Å²) in [5.41, 5.74) is 3.33. The summed E-state index contributed by atoms with van der Waals surface area (Å²) in [7, 11) is 3.26. The van der Waals surface area contributed by atoms with E-state index in [1.807, 2.05) is 43.3 Å². The van der Waals surface area contributed by atoms with Gasteiger partial charge in [-0.25, -0.2) is 0 Å². The van der Waals surface area contributed by atoms with Crippen LogP contribution in [0, 0.1) is 6.92 Å². The molecule has 1 aromatic heterocycles. The van der Waals surface area contributed by atoms with Gasteiger partial charge in [-0.05, 0) is 56.8 Å². The Bertz CT molecular complexity index is 1110. The highest BCUT2D eigenvalue weighted by Crippen LogP contribution is 2.42. The molecule has 1 saturated heterocycles. The second kappa shape index (κ2) is 7.36. The monoisotopic (exact) mass is 406 g/mol. The van der Waals surface area contributed by atoms with Crippen molar-refractivity contribution in [3.05, 3.63) is 53.2 Å². The first-order chi connectivity index (χ1) is 14.6. The van der Waals surface area contributed by atoms with Crippen LogP contribution in [0.3, 0.4) is 0 Å². The number of ether oxygens (including phenoxy) is 3. The highest BCUT2D eigenvalue weighted by Gasteiger charge is 2.32. The smallest absolute Gasteiger partial charge is 0.195 e. The maximum absolute atomic E-state index is 13.6. The fraction of sp³-hybridized carbons (Fsp3) is 0.375. The maximum Gasteiger partial charge on any atom is 0.195 e. The van der Waals surface area contributed by atoms with E-state index in [1.165, 1.54) is 6.42 Å². The van der Waals surface area contributed by atoms with Crippen LogP contribution in [0.1, 0.15) is 34.1 Å². The molecular weight excluding hydrogens is 380 g/mol. The van der Waals surface area contributed by atoms with Gasteiger partial charge < -0.3 is 23.7 Å². The third-order valence-electron chi connectivity index (χ3n) is 6.31. The number of nitrogens with zero attached hydrogens (tertiary/aromatic N) is 2. The molecule has 6 nitrogen and oxygen atoms in total. The van der Waals surface area contributed by atoms with Gasteiger partial charge >= 0.3 is 0 Å². The number of aromatic nitrogens is 1. The lowest BCUT2D eigenvalue weighted by molar-refractivity contribution is 0.103. The molecule has 2 aromatic carbocycles. The van der Waals surface area contributed by atoms with Crippen molar-refractivity contribution in [2.75, 3.05) is 40.5 Å². The van der Waals surface area contributed by atoms with Crippen LogP contribution in [-0.4, -0.2) is 55.7 Å². The molecule has 2 aliphatic rings. The van der Waals surface area contributed by atoms with Crippen molar-refractivity contribution in [1.29, 1.82) is 0 Å². The molecule has 0 spiro atoms. The predicted molar refractivity (Wildman–Crippen MR) is 115 cm³/mol. The highest BCUT2D eigenvalue weighted by molar-refractivity contribution is 6.18. The van der Waals surface area contributed by atoms with Crippen molar-refractivity contribution in [1.82, 2.24) is 9.47 Å². The number of rotatable bonds is 6. The van der Waals surface area contributed by atoms with Crippen LogP contribution in [0.4, 0.5) is 0 Å². The quantitative estimate of drug-likeness (QED) is 0.582. The van der Waals surface area contributed by atoms with Crippen LogP contribution in [0.15, 0.2) is 36.4 Å². The summed E-state index contributed by atoms with van der Waals surface area (Å²) in [6, 6.07) is 11.3. The van der Waals surface area contributed by atoms with Crippen LogP contribution in [0.25, 0.3) is 10.9 Å². The second-order valence-electron chi connectivity index (χ2n) is 8.03. The van der Waals surface area contributed by atoms with Gasteiger partial charge in [0.05, 0.1) is 31.3 Å². The predicted octanol–water partition coefficient (Wildman–Crippen LogP) is 3.84. The number of hydrogen-bond donors (Lipinski definition) is 0. The van der Waals surface area contributed by atoms with E-state index in [-0.39, 0.29) is 11.8 Å². The average molecular weight is 406 g/mol. The van der Waals surface area contributed by atoms with E-state index >= 15 is 0 Å². The molecule has 6 heteroatoms. The van der Waals surface area contributed by atoms with E-state index in [9.17, 15) is 4.79 Å². The molecule has 2 aliphatic heterocycles. The second-order valence-corrected chi connectivity index (χ2v) is 8.03. The fourth-order valence-electron chi connectivity index (χ4n) is 4.62. The Labute approximate surface area is 175 Å². The zero-order valence-electron chi connectivity index (χ0n) is 17.6. The van der Waals surface area contributed by atoms with Gasteiger partial charge in [0, 0.05) is 29.3 Å². The van der Waals surface area contributed by atoms with Gasteiger partial charge in [-0.15, -0.1) is 0 Å². The molecule has 1 atom stereocenters. The normalized spacial score (nSPS) is 18.0. The minimum atomic E-state index is 0.00251. The lowest BCUT2D eigenvalue weighted by Crippen LogP contribution is -2.43. The lowest BCUT2D eigenvalue weighted by Gasteiger charge is -2.37. The fourth-order valence-corrected chi connectivity index (χ4v) is 4.62. The molecule has 3 heterocycles. The standard InChI is InChI=1S/C24H26N2O4/c1-15-22(24(27)16-5-7-18(28-2)8-6-16)20-11-19(29-3)12-21-23(20)26(15)17(14-30-21)13-25-9-4-10-25/h5-8,11-12,17H,4,9-10,13-14H2,1-3H3. The number of hydrogen-bond acceptors (Lipinski definition) is 5. The molecule has 0 saturated carbocycles. The van der Waals surface area contributed by atoms with Crippen molar-refractivity contribution in [3.63, 3.8) is 0 Å². The van der Waals surface area contributed by atoms with Crippen LogP contribution in [0.2, 0.25) is 0 Å². The first kappa shape index (κ1) is 19.0. The first-order valence-corrected chi connectivity index (χ1v) is 10.4. The summed E-state index contributed by atoms with van der Waals surface area (Å²) >= 11 is 0. The van der Waals surface area contributed by atoms with Gasteiger partial charge in [-0.1, -0.05) is 0 Å². The van der Waals surface area contributed by atoms with Crippen LogP contribution in [-0.2, 0) is 0 Å². The SMILES string of the molecule is COc1ccc(C(=O)c2c(C)n3c4c(cc(OC)cc24)OCC3CN2CCC2)cc1. The molecular formula is C24H26N2O4. The zero-order chi connectivity index (χ0) is 20.8. The summed E-state index contributed by atoms with van der Waals surface area (Å²) in [6.07, 6.45) is 1.25. The number of likely N-dealkylation sites (tertiary alicyclic amines) is 1. The summed E-state index contributed by atoms with van der Waals surface area (Å²) in [6.45, 7) is 5.84. The van der Waals surface area contributed by atoms with Crippen molar-refractivity contribution >= 4 is 16.7 Å². The summed E-state index contributed by atoms with van der Waals surface area (Å²) in [4.78, 5) is 16.0. The third kappa shape index (κ3) is 2.94. The van der Waals surface area contributed by atoms with Crippen LogP contribution in [0.5, 0.6) is 17.2 Å². The Balaban J connectivity index is 1.66. The number of carbonyl (C=O) groups excluding carboxylic acids is 1. The van der Waals surface area contributed by atoms with Crippen molar-refractivity contribution < 1.29 is 19.0 Å². The minimum Gasteiger partial charge on any atom is -0.497 e. The van der Waals surface area contributed by atoms with E-state index in [1.54, 1.807) is 14.2 Å². The average Bonchev–Trinajstić information content (AvgIpc) is 3.04. The topological polar surface area (TPSA) is 52.9 Å². The maximum atomic E-state index is 13.6. The van der Waals surface area contributed by atoms with Crippen LogP contribution < -0.4 is 14.2 Å². The Hall–Kier alpha value is -2.99. The third-order valence-corrected chi connectivity index (χ3v) is 6.31. The Kier molecular flexibility index (Phi) is 4.66. The Morgan fingerprint density at radius 1 is 1.10 bits per heavy atom. The Morgan fingerprint density at radius 3 is 2.47 bits per heavy atom. The highest BCUT2D eigenvalue weighted by atomic mass is 16.5. The van der Waals surface area contributed by atoms with Gasteiger partial charge in [-0.3, -0.25) is 4.79 Å².